The lowest BCUT2D eigenvalue weighted by Gasteiger charge is -2.02. The van der Waals surface area contributed by atoms with E-state index in [1.165, 1.54) is 0 Å². The molecular formula is C10H10ClN3. The normalized spacial score (nSPS) is 10.1. The van der Waals surface area contributed by atoms with Crippen molar-refractivity contribution in [1.82, 2.24) is 9.78 Å². The molecule has 1 N–H and O–H groups in total. The second-order valence-corrected chi connectivity index (χ2v) is 3.25. The zero-order valence-electron chi connectivity index (χ0n) is 7.74. The van der Waals surface area contributed by atoms with Gasteiger partial charge >= 0.3 is 0 Å². The predicted octanol–water partition coefficient (Wildman–Crippen LogP) is 2.57. The van der Waals surface area contributed by atoms with Crippen LogP contribution in [0.5, 0.6) is 0 Å². The Labute approximate surface area is 87.3 Å². The first-order valence-corrected chi connectivity index (χ1v) is 4.67. The number of aromatic nitrogens is 2. The lowest BCUT2D eigenvalue weighted by molar-refractivity contribution is 0.883. The standard InChI is InChI=1S/C10H10ClN3/c1-12-10-6-7-14(13-10)9-5-3-2-4-8(9)11/h2-7H,1H3,(H,12,13). The van der Waals surface area contributed by atoms with Gasteiger partial charge in [0.15, 0.2) is 0 Å². The molecule has 0 spiro atoms. The largest absolute Gasteiger partial charge is 0.372 e. The van der Waals surface area contributed by atoms with Crippen molar-refractivity contribution < 1.29 is 0 Å². The number of nitrogens with zero attached hydrogens (tertiary/aromatic N) is 2. The van der Waals surface area contributed by atoms with Crippen molar-refractivity contribution in [1.29, 1.82) is 0 Å². The van der Waals surface area contributed by atoms with Gasteiger partial charge in [0.2, 0.25) is 0 Å². The van der Waals surface area contributed by atoms with Crippen LogP contribution in [-0.2, 0) is 0 Å². The van der Waals surface area contributed by atoms with Crippen LogP contribution < -0.4 is 5.32 Å². The number of rotatable bonds is 2. The molecule has 3 nitrogen and oxygen atoms in total. The van der Waals surface area contributed by atoms with Gasteiger partial charge in [-0.3, -0.25) is 0 Å². The highest BCUT2D eigenvalue weighted by molar-refractivity contribution is 6.32. The third kappa shape index (κ3) is 1.59. The average molecular weight is 208 g/mol. The van der Waals surface area contributed by atoms with E-state index in [1.54, 1.807) is 4.68 Å². The quantitative estimate of drug-likeness (QED) is 0.821. The molecule has 1 aromatic carbocycles. The summed E-state index contributed by atoms with van der Waals surface area (Å²) < 4.78 is 1.74. The molecule has 72 valence electrons. The molecule has 0 saturated carbocycles. The summed E-state index contributed by atoms with van der Waals surface area (Å²) in [6.07, 6.45) is 1.87. The fourth-order valence-electron chi connectivity index (χ4n) is 1.23. The summed E-state index contributed by atoms with van der Waals surface area (Å²) in [5.74, 6) is 0.824. The summed E-state index contributed by atoms with van der Waals surface area (Å²) in [6.45, 7) is 0. The zero-order valence-corrected chi connectivity index (χ0v) is 8.49. The van der Waals surface area contributed by atoms with E-state index in [1.807, 2.05) is 43.6 Å². The van der Waals surface area contributed by atoms with E-state index in [9.17, 15) is 0 Å². The van der Waals surface area contributed by atoms with Gasteiger partial charge < -0.3 is 5.32 Å². The Morgan fingerprint density at radius 3 is 2.71 bits per heavy atom. The lowest BCUT2D eigenvalue weighted by Crippen LogP contribution is -1.97. The fourth-order valence-corrected chi connectivity index (χ4v) is 1.45. The number of hydrogen-bond acceptors (Lipinski definition) is 2. The smallest absolute Gasteiger partial charge is 0.148 e. The Kier molecular flexibility index (Phi) is 2.41. The maximum atomic E-state index is 6.03. The molecule has 4 heteroatoms. The maximum absolute atomic E-state index is 6.03. The number of anilines is 1. The summed E-state index contributed by atoms with van der Waals surface area (Å²) in [7, 11) is 1.83. The number of nitrogens with one attached hydrogen (secondary N) is 1. The maximum Gasteiger partial charge on any atom is 0.148 e. The number of halogens is 1. The number of benzene rings is 1. The Morgan fingerprint density at radius 1 is 1.29 bits per heavy atom. The molecule has 1 heterocycles. The van der Waals surface area contributed by atoms with Gasteiger partial charge in [0.1, 0.15) is 5.82 Å². The first-order valence-electron chi connectivity index (χ1n) is 4.29. The topological polar surface area (TPSA) is 29.9 Å². The van der Waals surface area contributed by atoms with Crippen LogP contribution in [0, 0.1) is 0 Å². The summed E-state index contributed by atoms with van der Waals surface area (Å²) in [4.78, 5) is 0. The van der Waals surface area contributed by atoms with E-state index in [2.05, 4.69) is 10.4 Å². The van der Waals surface area contributed by atoms with Gasteiger partial charge in [-0.25, -0.2) is 4.68 Å². The molecule has 1 aromatic heterocycles. The van der Waals surface area contributed by atoms with Gasteiger partial charge in [-0.2, -0.15) is 5.10 Å². The van der Waals surface area contributed by atoms with E-state index < -0.39 is 0 Å². The minimum absolute atomic E-state index is 0.693. The Morgan fingerprint density at radius 2 is 2.07 bits per heavy atom. The van der Waals surface area contributed by atoms with Crippen LogP contribution >= 0.6 is 11.6 Å². The summed E-state index contributed by atoms with van der Waals surface area (Å²) in [6, 6.07) is 9.49. The molecule has 0 unspecified atom stereocenters. The molecule has 0 aliphatic heterocycles. The van der Waals surface area contributed by atoms with E-state index in [0.717, 1.165) is 11.5 Å². The summed E-state index contributed by atoms with van der Waals surface area (Å²) >= 11 is 6.03. The van der Waals surface area contributed by atoms with Gasteiger partial charge in [-0.15, -0.1) is 0 Å². The second-order valence-electron chi connectivity index (χ2n) is 2.85. The van der Waals surface area contributed by atoms with Gasteiger partial charge in [-0.05, 0) is 12.1 Å². The van der Waals surface area contributed by atoms with Crippen molar-refractivity contribution in [2.24, 2.45) is 0 Å². The average Bonchev–Trinajstić information content (AvgIpc) is 2.67. The monoisotopic (exact) mass is 207 g/mol. The highest BCUT2D eigenvalue weighted by atomic mass is 35.5. The van der Waals surface area contributed by atoms with Gasteiger partial charge in [0.05, 0.1) is 10.7 Å². The lowest BCUT2D eigenvalue weighted by atomic mass is 10.3. The molecule has 0 atom stereocenters. The molecule has 14 heavy (non-hydrogen) atoms. The van der Waals surface area contributed by atoms with Gasteiger partial charge in [-0.1, -0.05) is 23.7 Å². The van der Waals surface area contributed by atoms with Crippen LogP contribution in [-0.4, -0.2) is 16.8 Å². The Hall–Kier alpha value is -1.48. The molecule has 0 bridgehead atoms. The first-order chi connectivity index (χ1) is 6.81. The number of para-hydroxylation sites is 1. The summed E-state index contributed by atoms with van der Waals surface area (Å²) in [5, 5.41) is 7.94. The predicted molar refractivity (Wildman–Crippen MR) is 58.1 cm³/mol. The highest BCUT2D eigenvalue weighted by Crippen LogP contribution is 2.19. The highest BCUT2D eigenvalue weighted by Gasteiger charge is 2.02. The van der Waals surface area contributed by atoms with E-state index >= 15 is 0 Å². The molecule has 0 radical (unpaired) electrons. The van der Waals surface area contributed by atoms with E-state index in [4.69, 9.17) is 11.6 Å². The van der Waals surface area contributed by atoms with Crippen molar-refractivity contribution in [2.75, 3.05) is 12.4 Å². The molecule has 0 amide bonds. The fraction of sp³-hybridized carbons (Fsp3) is 0.100. The van der Waals surface area contributed by atoms with Crippen LogP contribution in [0.15, 0.2) is 36.5 Å². The minimum Gasteiger partial charge on any atom is -0.372 e. The molecular weight excluding hydrogens is 198 g/mol. The Bertz CT molecular complexity index is 436. The van der Waals surface area contributed by atoms with Gasteiger partial charge in [0, 0.05) is 19.3 Å². The molecule has 0 aliphatic carbocycles. The third-order valence-electron chi connectivity index (χ3n) is 1.94. The molecule has 2 rings (SSSR count). The second kappa shape index (κ2) is 3.72. The first kappa shape index (κ1) is 9.09. The van der Waals surface area contributed by atoms with Crippen LogP contribution in [0.25, 0.3) is 5.69 Å². The minimum atomic E-state index is 0.693. The molecule has 0 aliphatic rings. The molecule has 0 fully saturated rings. The van der Waals surface area contributed by atoms with Crippen molar-refractivity contribution in [3.8, 4) is 5.69 Å². The van der Waals surface area contributed by atoms with E-state index in [-0.39, 0.29) is 0 Å². The zero-order chi connectivity index (χ0) is 9.97. The van der Waals surface area contributed by atoms with Crippen LogP contribution in [0.3, 0.4) is 0 Å². The molecule has 0 saturated heterocycles. The third-order valence-corrected chi connectivity index (χ3v) is 2.26. The van der Waals surface area contributed by atoms with Crippen molar-refractivity contribution in [3.63, 3.8) is 0 Å². The van der Waals surface area contributed by atoms with Crippen LogP contribution in [0.4, 0.5) is 5.82 Å². The van der Waals surface area contributed by atoms with Crippen molar-refractivity contribution in [2.45, 2.75) is 0 Å². The van der Waals surface area contributed by atoms with Crippen molar-refractivity contribution >= 4 is 17.4 Å². The summed E-state index contributed by atoms with van der Waals surface area (Å²) in [5.41, 5.74) is 0.885. The Balaban J connectivity index is 2.44. The molecule has 2 aromatic rings. The van der Waals surface area contributed by atoms with Crippen LogP contribution in [0.2, 0.25) is 5.02 Å². The SMILES string of the molecule is CNc1ccn(-c2ccccc2Cl)n1. The van der Waals surface area contributed by atoms with Crippen LogP contribution in [0.1, 0.15) is 0 Å². The number of hydrogen-bond donors (Lipinski definition) is 1. The van der Waals surface area contributed by atoms with Crippen molar-refractivity contribution in [3.05, 3.63) is 41.6 Å². The van der Waals surface area contributed by atoms with E-state index in [0.29, 0.717) is 5.02 Å². The van der Waals surface area contributed by atoms with Gasteiger partial charge in [0.25, 0.3) is 0 Å².